The number of aliphatic hydroxyl groups excluding tert-OH is 1. The summed E-state index contributed by atoms with van der Waals surface area (Å²) >= 11 is 0. The average Bonchev–Trinajstić information content (AvgIpc) is 3.19. The van der Waals surface area contributed by atoms with Crippen LogP contribution in [0.25, 0.3) is 10.9 Å². The SMILES string of the molecule is CNC(=O)CCC#Cc1cccc(C(=O)N[C@@H](CO)Cc2c[nH]c3ccccc23)c1. The van der Waals surface area contributed by atoms with Gasteiger partial charge in [-0.25, -0.2) is 0 Å². The summed E-state index contributed by atoms with van der Waals surface area (Å²) in [5.74, 6) is 5.61. The van der Waals surface area contributed by atoms with Gasteiger partial charge >= 0.3 is 0 Å². The Morgan fingerprint density at radius 2 is 2.00 bits per heavy atom. The number of hydrogen-bond acceptors (Lipinski definition) is 3. The van der Waals surface area contributed by atoms with Crippen molar-refractivity contribution in [3.8, 4) is 11.8 Å². The largest absolute Gasteiger partial charge is 0.394 e. The van der Waals surface area contributed by atoms with Crippen molar-refractivity contribution < 1.29 is 14.7 Å². The van der Waals surface area contributed by atoms with E-state index in [1.807, 2.05) is 36.5 Å². The number of carbonyl (C=O) groups is 2. The van der Waals surface area contributed by atoms with E-state index in [-0.39, 0.29) is 18.4 Å². The summed E-state index contributed by atoms with van der Waals surface area (Å²) in [6.45, 7) is -0.162. The summed E-state index contributed by atoms with van der Waals surface area (Å²) in [6, 6.07) is 14.5. The van der Waals surface area contributed by atoms with E-state index in [9.17, 15) is 14.7 Å². The molecular formula is C24H25N3O3. The van der Waals surface area contributed by atoms with Crippen molar-refractivity contribution in [1.29, 1.82) is 0 Å². The number of carbonyl (C=O) groups excluding carboxylic acids is 2. The zero-order valence-electron chi connectivity index (χ0n) is 16.9. The first-order chi connectivity index (χ1) is 14.6. The van der Waals surface area contributed by atoms with E-state index in [1.165, 1.54) is 0 Å². The minimum absolute atomic E-state index is 0.0531. The molecule has 0 aliphatic heterocycles. The highest BCUT2D eigenvalue weighted by Crippen LogP contribution is 2.19. The second-order valence-corrected chi connectivity index (χ2v) is 6.97. The van der Waals surface area contributed by atoms with Gasteiger partial charge in [0.1, 0.15) is 0 Å². The van der Waals surface area contributed by atoms with Crippen molar-refractivity contribution in [2.45, 2.75) is 25.3 Å². The molecular weight excluding hydrogens is 378 g/mol. The van der Waals surface area contributed by atoms with E-state index in [0.29, 0.717) is 30.4 Å². The fraction of sp³-hybridized carbons (Fsp3) is 0.250. The summed E-state index contributed by atoms with van der Waals surface area (Å²) in [4.78, 5) is 27.1. The summed E-state index contributed by atoms with van der Waals surface area (Å²) < 4.78 is 0. The topological polar surface area (TPSA) is 94.2 Å². The van der Waals surface area contributed by atoms with Gasteiger partial charge < -0.3 is 20.7 Å². The predicted octanol–water partition coefficient (Wildman–Crippen LogP) is 2.38. The summed E-state index contributed by atoms with van der Waals surface area (Å²) in [6.07, 6.45) is 3.22. The number of aromatic nitrogens is 1. The molecule has 2 aromatic carbocycles. The van der Waals surface area contributed by atoms with Gasteiger partial charge in [0, 0.05) is 48.1 Å². The van der Waals surface area contributed by atoms with Crippen molar-refractivity contribution in [3.63, 3.8) is 0 Å². The van der Waals surface area contributed by atoms with Crippen molar-refractivity contribution in [3.05, 3.63) is 71.4 Å². The highest BCUT2D eigenvalue weighted by atomic mass is 16.3. The van der Waals surface area contributed by atoms with Crippen LogP contribution in [-0.4, -0.2) is 41.6 Å². The Labute approximate surface area is 175 Å². The van der Waals surface area contributed by atoms with Gasteiger partial charge in [-0.15, -0.1) is 0 Å². The molecule has 3 rings (SSSR count). The van der Waals surface area contributed by atoms with E-state index in [0.717, 1.165) is 16.5 Å². The van der Waals surface area contributed by atoms with Crippen molar-refractivity contribution in [2.24, 2.45) is 0 Å². The molecule has 154 valence electrons. The Balaban J connectivity index is 1.64. The Bertz CT molecular complexity index is 1090. The van der Waals surface area contributed by atoms with Gasteiger partial charge in [-0.3, -0.25) is 9.59 Å². The van der Waals surface area contributed by atoms with Gasteiger partial charge in [0.05, 0.1) is 12.6 Å². The van der Waals surface area contributed by atoms with E-state index in [4.69, 9.17) is 0 Å². The molecule has 1 aromatic heterocycles. The molecule has 0 saturated carbocycles. The molecule has 0 bridgehead atoms. The maximum Gasteiger partial charge on any atom is 0.251 e. The molecule has 0 saturated heterocycles. The van der Waals surface area contributed by atoms with Crippen molar-refractivity contribution in [1.82, 2.24) is 15.6 Å². The van der Waals surface area contributed by atoms with Crippen LogP contribution in [0.2, 0.25) is 0 Å². The van der Waals surface area contributed by atoms with Gasteiger partial charge in [-0.1, -0.05) is 36.1 Å². The normalized spacial score (nSPS) is 11.4. The number of hydrogen-bond donors (Lipinski definition) is 4. The second-order valence-electron chi connectivity index (χ2n) is 6.97. The number of amides is 2. The number of benzene rings is 2. The molecule has 0 fully saturated rings. The number of H-pyrrole nitrogens is 1. The van der Waals surface area contributed by atoms with Crippen LogP contribution in [0, 0.1) is 11.8 Å². The standard InChI is InChI=1S/C24H25N3O3/c1-25-23(29)12-5-2-7-17-8-6-9-18(13-17)24(30)27-20(16-28)14-19-15-26-22-11-4-3-10-21(19)22/h3-4,6,8-11,13,15,20,26,28H,5,12,14,16H2,1H3,(H,25,29)(H,27,30)/t20-/m1/s1. The highest BCUT2D eigenvalue weighted by molar-refractivity contribution is 5.94. The predicted molar refractivity (Wildman–Crippen MR) is 117 cm³/mol. The maximum absolute atomic E-state index is 12.7. The van der Waals surface area contributed by atoms with Crippen LogP contribution in [0.5, 0.6) is 0 Å². The third-order valence-corrected chi connectivity index (χ3v) is 4.81. The summed E-state index contributed by atoms with van der Waals surface area (Å²) in [7, 11) is 1.59. The lowest BCUT2D eigenvalue weighted by molar-refractivity contribution is -0.120. The van der Waals surface area contributed by atoms with Gasteiger partial charge in [-0.05, 0) is 36.2 Å². The lowest BCUT2D eigenvalue weighted by atomic mass is 10.0. The Morgan fingerprint density at radius 1 is 1.17 bits per heavy atom. The van der Waals surface area contributed by atoms with Gasteiger partial charge in [0.15, 0.2) is 0 Å². The summed E-state index contributed by atoms with van der Waals surface area (Å²) in [5.41, 5.74) is 3.25. The Morgan fingerprint density at radius 3 is 2.80 bits per heavy atom. The molecule has 1 heterocycles. The molecule has 6 heteroatoms. The molecule has 30 heavy (non-hydrogen) atoms. The fourth-order valence-electron chi connectivity index (χ4n) is 3.20. The van der Waals surface area contributed by atoms with E-state index < -0.39 is 6.04 Å². The Kier molecular flexibility index (Phi) is 7.25. The molecule has 0 radical (unpaired) electrons. The minimum atomic E-state index is -0.404. The number of rotatable bonds is 7. The summed E-state index contributed by atoms with van der Waals surface area (Å²) in [5, 5.41) is 16.3. The number of nitrogens with one attached hydrogen (secondary N) is 3. The van der Waals surface area contributed by atoms with E-state index in [1.54, 1.807) is 25.2 Å². The quantitative estimate of drug-likeness (QED) is 0.456. The molecule has 6 nitrogen and oxygen atoms in total. The zero-order chi connectivity index (χ0) is 21.3. The number of aliphatic hydroxyl groups is 1. The monoisotopic (exact) mass is 403 g/mol. The first-order valence-electron chi connectivity index (χ1n) is 9.87. The van der Waals surface area contributed by atoms with Crippen LogP contribution in [0.15, 0.2) is 54.7 Å². The first kappa shape index (κ1) is 21.2. The maximum atomic E-state index is 12.7. The molecule has 4 N–H and O–H groups in total. The fourth-order valence-corrected chi connectivity index (χ4v) is 3.20. The van der Waals surface area contributed by atoms with Crippen LogP contribution in [0.4, 0.5) is 0 Å². The van der Waals surface area contributed by atoms with E-state index >= 15 is 0 Å². The Hall–Kier alpha value is -3.56. The van der Waals surface area contributed by atoms with Crippen LogP contribution in [0.1, 0.15) is 34.3 Å². The average molecular weight is 403 g/mol. The number of fused-ring (bicyclic) bond motifs is 1. The van der Waals surface area contributed by atoms with Gasteiger partial charge in [0.2, 0.25) is 5.91 Å². The molecule has 1 atom stereocenters. The molecule has 0 spiro atoms. The third-order valence-electron chi connectivity index (χ3n) is 4.81. The molecule has 0 aliphatic carbocycles. The van der Waals surface area contributed by atoms with E-state index in [2.05, 4.69) is 27.5 Å². The van der Waals surface area contributed by atoms with Gasteiger partial charge in [0.25, 0.3) is 5.91 Å². The second kappa shape index (κ2) is 10.3. The van der Waals surface area contributed by atoms with Gasteiger partial charge in [-0.2, -0.15) is 0 Å². The zero-order valence-corrected chi connectivity index (χ0v) is 16.9. The third kappa shape index (κ3) is 5.49. The highest BCUT2D eigenvalue weighted by Gasteiger charge is 2.16. The van der Waals surface area contributed by atoms with Crippen LogP contribution in [-0.2, 0) is 11.2 Å². The molecule has 2 amide bonds. The molecule has 3 aromatic rings. The van der Waals surface area contributed by atoms with Crippen molar-refractivity contribution >= 4 is 22.7 Å². The van der Waals surface area contributed by atoms with Crippen LogP contribution >= 0.6 is 0 Å². The van der Waals surface area contributed by atoms with Crippen molar-refractivity contribution in [2.75, 3.05) is 13.7 Å². The minimum Gasteiger partial charge on any atom is -0.394 e. The number of aromatic amines is 1. The smallest absolute Gasteiger partial charge is 0.251 e. The first-order valence-corrected chi connectivity index (χ1v) is 9.87. The molecule has 0 unspecified atom stereocenters. The molecule has 0 aliphatic rings. The van der Waals surface area contributed by atoms with Crippen LogP contribution in [0.3, 0.4) is 0 Å². The number of para-hydroxylation sites is 1. The lowest BCUT2D eigenvalue weighted by Crippen LogP contribution is -2.39. The lowest BCUT2D eigenvalue weighted by Gasteiger charge is -2.16. The van der Waals surface area contributed by atoms with Crippen LogP contribution < -0.4 is 10.6 Å².